The molecule has 2 aliphatic carbocycles. The van der Waals surface area contributed by atoms with Crippen LogP contribution in [-0.4, -0.2) is 11.5 Å². The van der Waals surface area contributed by atoms with Crippen LogP contribution in [0, 0.1) is 0 Å². The summed E-state index contributed by atoms with van der Waals surface area (Å²) in [4.78, 5) is 3.11. The van der Waals surface area contributed by atoms with Crippen molar-refractivity contribution in [3.05, 3.63) is 68.6 Å². The van der Waals surface area contributed by atoms with Gasteiger partial charge in [0, 0.05) is 0 Å². The number of rotatable bonds is 2. The van der Waals surface area contributed by atoms with Gasteiger partial charge < -0.3 is 24.8 Å². The molecule has 6 heteroatoms. The summed E-state index contributed by atoms with van der Waals surface area (Å²) in [5.74, 6) is 0. The van der Waals surface area contributed by atoms with Crippen LogP contribution in [0.25, 0.3) is 0 Å². The molecule has 2 heterocycles. The van der Waals surface area contributed by atoms with E-state index in [1.807, 2.05) is 0 Å². The fourth-order valence-corrected chi connectivity index (χ4v) is 47.3. The first-order chi connectivity index (χ1) is 10.5. The summed E-state index contributed by atoms with van der Waals surface area (Å²) in [5, 5.41) is 0. The van der Waals surface area contributed by atoms with Gasteiger partial charge in [0.2, 0.25) is 0 Å². The van der Waals surface area contributed by atoms with Crippen LogP contribution in [-0.2, 0) is 20.1 Å². The first-order valence-electron chi connectivity index (χ1n) is 7.76. The Bertz CT molecular complexity index is 736. The van der Waals surface area contributed by atoms with E-state index in [4.69, 9.17) is 0 Å². The van der Waals surface area contributed by atoms with Gasteiger partial charge in [-0.15, -0.1) is 0 Å². The Morgan fingerprint density at radius 2 is 1.21 bits per heavy atom. The summed E-state index contributed by atoms with van der Waals surface area (Å²) in [6, 6.07) is 0. The van der Waals surface area contributed by atoms with Gasteiger partial charge in [0.15, 0.2) is 0 Å². The SMILES string of the molecule is CC1=CC2=C[CH]([Hf+2]([CH]3C=C4C=C(C)C=C4S3)=[Si](C)C)SC2=C1.[Cl-].[Cl-]. The molecule has 4 rings (SSSR count). The molecule has 24 heavy (non-hydrogen) atoms. The monoisotopic (exact) mass is 578 g/mol. The van der Waals surface area contributed by atoms with Gasteiger partial charge in [-0.05, 0) is 0 Å². The fourth-order valence-electron chi connectivity index (χ4n) is 3.47. The van der Waals surface area contributed by atoms with Crippen LogP contribution in [0.4, 0.5) is 0 Å². The third-order valence-corrected chi connectivity index (χ3v) is 40.8. The van der Waals surface area contributed by atoms with Crippen LogP contribution in [0.5, 0.6) is 0 Å². The number of halogens is 2. The molecule has 2 atom stereocenters. The van der Waals surface area contributed by atoms with Crippen molar-refractivity contribution in [3.8, 4) is 0 Å². The molecule has 4 aliphatic rings. The van der Waals surface area contributed by atoms with Gasteiger partial charge in [-0.2, -0.15) is 0 Å². The van der Waals surface area contributed by atoms with Gasteiger partial charge in [-0.1, -0.05) is 0 Å². The summed E-state index contributed by atoms with van der Waals surface area (Å²) in [7, 11) is 0. The van der Waals surface area contributed by atoms with E-state index in [1.165, 1.54) is 22.3 Å². The normalized spacial score (nSPS) is 25.6. The molecule has 0 N–H and O–H groups in total. The summed E-state index contributed by atoms with van der Waals surface area (Å²) in [6.45, 7) is 9.60. The summed E-state index contributed by atoms with van der Waals surface area (Å²) in [5.41, 5.74) is 5.78. The summed E-state index contributed by atoms with van der Waals surface area (Å²) >= 11 is 2.69. The minimum Gasteiger partial charge on any atom is -1.00 e. The molecule has 2 unspecified atom stereocenters. The van der Waals surface area contributed by atoms with Crippen LogP contribution in [0.2, 0.25) is 13.1 Å². The Hall–Kier alpha value is 0.807. The molecule has 0 aromatic heterocycles. The predicted molar refractivity (Wildman–Crippen MR) is 100 cm³/mol. The molecule has 0 amide bonds. The van der Waals surface area contributed by atoms with Gasteiger partial charge in [0.25, 0.3) is 0 Å². The first-order valence-corrected chi connectivity index (χ1v) is 21.6. The molecule has 0 bridgehead atoms. The third kappa shape index (κ3) is 3.89. The Labute approximate surface area is 174 Å². The van der Waals surface area contributed by atoms with Crippen LogP contribution in [0.1, 0.15) is 13.8 Å². The van der Waals surface area contributed by atoms with E-state index in [0.717, 1.165) is 6.01 Å². The van der Waals surface area contributed by atoms with Gasteiger partial charge in [0.05, 0.1) is 0 Å². The molecule has 0 radical (unpaired) electrons. The Kier molecular flexibility index (Phi) is 7.23. The zero-order chi connectivity index (χ0) is 15.4. The largest absolute Gasteiger partial charge is 1.00 e. The van der Waals surface area contributed by atoms with E-state index < -0.39 is 20.1 Å². The van der Waals surface area contributed by atoms with Crippen molar-refractivity contribution >= 4 is 29.0 Å². The molecule has 0 saturated heterocycles. The predicted octanol–water partition coefficient (Wildman–Crippen LogP) is -0.450. The van der Waals surface area contributed by atoms with Crippen molar-refractivity contribution in [2.75, 3.05) is 0 Å². The Balaban J connectivity index is 0.00000104. The zero-order valence-corrected chi connectivity index (χ0v) is 21.9. The average Bonchev–Trinajstić information content (AvgIpc) is 3.08. The second-order valence-corrected chi connectivity index (χ2v) is 37.2. The van der Waals surface area contributed by atoms with Gasteiger partial charge in [-0.3, -0.25) is 0 Å². The molecule has 0 nitrogen and oxygen atoms in total. The minimum absolute atomic E-state index is 0. The maximum Gasteiger partial charge on any atom is -1.00 e. The second-order valence-electron chi connectivity index (χ2n) is 6.57. The van der Waals surface area contributed by atoms with Crippen molar-refractivity contribution in [2.45, 2.75) is 33.0 Å². The Morgan fingerprint density at radius 1 is 0.792 bits per heavy atom. The van der Waals surface area contributed by atoms with Gasteiger partial charge in [0.1, 0.15) is 0 Å². The van der Waals surface area contributed by atoms with E-state index in [2.05, 4.69) is 86.9 Å². The standard InChI is InChI=1S/2C8H7S.C2H6Si.2ClH.Hf/c2*1-6-4-7-2-3-9-8(7)5-6;1-3-2;;;/h2*2-5H,1H3;1-2H3;2*1H;/q;;;;;+2/p-2. The van der Waals surface area contributed by atoms with E-state index >= 15 is 0 Å². The maximum absolute atomic E-state index is 2.63. The smallest absolute Gasteiger partial charge is 1.00 e. The summed E-state index contributed by atoms with van der Waals surface area (Å²) < 4.78 is 1.75. The third-order valence-electron chi connectivity index (χ3n) is 4.41. The van der Waals surface area contributed by atoms with E-state index in [0.29, 0.717) is 0 Å². The van der Waals surface area contributed by atoms with Gasteiger partial charge in [-0.25, -0.2) is 0 Å². The topological polar surface area (TPSA) is 0 Å². The van der Waals surface area contributed by atoms with E-state index in [-0.39, 0.29) is 30.3 Å². The molecule has 0 saturated carbocycles. The van der Waals surface area contributed by atoms with E-state index in [1.54, 1.807) is 9.81 Å². The molecule has 0 spiro atoms. The maximum atomic E-state index is 2.63. The van der Waals surface area contributed by atoms with Crippen molar-refractivity contribution < 1.29 is 44.9 Å². The summed E-state index contributed by atoms with van der Waals surface area (Å²) in [6.07, 6.45) is 14.8. The van der Waals surface area contributed by atoms with Crippen molar-refractivity contribution in [2.24, 2.45) is 0 Å². The molecular weight excluding hydrogens is 558 g/mol. The van der Waals surface area contributed by atoms with Crippen molar-refractivity contribution in [3.63, 3.8) is 0 Å². The van der Waals surface area contributed by atoms with Gasteiger partial charge >= 0.3 is 151 Å². The molecule has 0 aromatic rings. The first kappa shape index (κ1) is 21.1. The molecule has 0 aromatic carbocycles. The fraction of sp³-hybridized carbons (Fsp3) is 0.333. The van der Waals surface area contributed by atoms with Crippen molar-refractivity contribution in [1.82, 2.24) is 0 Å². The second kappa shape index (κ2) is 8.22. The van der Waals surface area contributed by atoms with Crippen LogP contribution >= 0.6 is 23.5 Å². The molecule has 0 fully saturated rings. The molecule has 126 valence electrons. The van der Waals surface area contributed by atoms with Crippen molar-refractivity contribution in [1.29, 1.82) is 0 Å². The van der Waals surface area contributed by atoms with Crippen LogP contribution in [0.15, 0.2) is 68.6 Å². The van der Waals surface area contributed by atoms with Crippen LogP contribution < -0.4 is 24.8 Å². The quantitative estimate of drug-likeness (QED) is 0.408. The average molecular weight is 578 g/mol. The molecule has 2 aliphatic heterocycles. The van der Waals surface area contributed by atoms with Crippen LogP contribution in [0.3, 0.4) is 0 Å². The number of allylic oxidation sites excluding steroid dienone is 8. The minimum atomic E-state index is -1.70. The molecular formula is C18H20Cl2HfS2Si. The number of hydrogen-bond donors (Lipinski definition) is 0. The number of fused-ring (bicyclic) bond motifs is 2. The Morgan fingerprint density at radius 3 is 1.54 bits per heavy atom. The number of hydrogen-bond acceptors (Lipinski definition) is 2. The van der Waals surface area contributed by atoms with E-state index in [9.17, 15) is 0 Å². The zero-order valence-electron chi connectivity index (χ0n) is 14.2. The number of thioether (sulfide) groups is 2.